The fraction of sp³-hybridized carbons (Fsp3) is 0.0400. The van der Waals surface area contributed by atoms with Crippen LogP contribution in [0.4, 0.5) is 0 Å². The molecule has 0 amide bonds. The molecule has 4 aromatic carbocycles. The normalized spacial score (nSPS) is 10.4. The van der Waals surface area contributed by atoms with Crippen molar-refractivity contribution < 1.29 is 14.2 Å². The first-order chi connectivity index (χ1) is 14.1. The van der Waals surface area contributed by atoms with Crippen LogP contribution in [0.1, 0.15) is 5.56 Å². The second-order valence-electron chi connectivity index (χ2n) is 6.52. The largest absolute Gasteiger partial charge is 0.457 e. The Morgan fingerprint density at radius 1 is 0.414 bits per heavy atom. The van der Waals surface area contributed by atoms with Crippen LogP contribution in [0.3, 0.4) is 0 Å². The van der Waals surface area contributed by atoms with Crippen molar-refractivity contribution in [1.29, 1.82) is 0 Å². The zero-order valence-electron chi connectivity index (χ0n) is 15.8. The van der Waals surface area contributed by atoms with E-state index in [9.17, 15) is 0 Å². The fourth-order valence-corrected chi connectivity index (χ4v) is 3.03. The van der Waals surface area contributed by atoms with Crippen LogP contribution in [0.15, 0.2) is 97.1 Å². The summed E-state index contributed by atoms with van der Waals surface area (Å²) in [6.45, 7) is 2.05. The zero-order valence-corrected chi connectivity index (χ0v) is 18.0. The monoisotopic (exact) mass is 494 g/mol. The van der Waals surface area contributed by atoms with Gasteiger partial charge >= 0.3 is 0 Å². The molecule has 4 aromatic rings. The first-order valence-corrected chi connectivity index (χ1v) is 10.3. The summed E-state index contributed by atoms with van der Waals surface area (Å²) in [6.07, 6.45) is 0. The van der Waals surface area contributed by atoms with Gasteiger partial charge < -0.3 is 14.2 Å². The first kappa shape index (κ1) is 19.3. The SMILES string of the molecule is Cc1ccc(Oc2ccc(Oc3ccc(Oc4ccc(I)cc4)cc3)cc2)cc1. The fourth-order valence-electron chi connectivity index (χ4n) is 2.67. The third-order valence-corrected chi connectivity index (χ3v) is 4.91. The van der Waals surface area contributed by atoms with Crippen molar-refractivity contribution in [2.45, 2.75) is 6.92 Å². The van der Waals surface area contributed by atoms with Crippen LogP contribution in [0.25, 0.3) is 0 Å². The minimum Gasteiger partial charge on any atom is -0.457 e. The van der Waals surface area contributed by atoms with Gasteiger partial charge in [-0.2, -0.15) is 0 Å². The highest BCUT2D eigenvalue weighted by Crippen LogP contribution is 2.29. The summed E-state index contributed by atoms with van der Waals surface area (Å²) in [5.41, 5.74) is 1.20. The summed E-state index contributed by atoms with van der Waals surface area (Å²) >= 11 is 2.27. The molecule has 0 radical (unpaired) electrons. The molecule has 0 saturated carbocycles. The van der Waals surface area contributed by atoms with Crippen molar-refractivity contribution in [1.82, 2.24) is 0 Å². The Labute approximate surface area is 184 Å². The van der Waals surface area contributed by atoms with Gasteiger partial charge in [0, 0.05) is 3.57 Å². The lowest BCUT2D eigenvalue weighted by molar-refractivity contribution is 0.464. The van der Waals surface area contributed by atoms with E-state index in [1.807, 2.05) is 97.1 Å². The van der Waals surface area contributed by atoms with E-state index < -0.39 is 0 Å². The van der Waals surface area contributed by atoms with Crippen molar-refractivity contribution in [2.75, 3.05) is 0 Å². The van der Waals surface area contributed by atoms with Gasteiger partial charge in [-0.05, 0) is 114 Å². The van der Waals surface area contributed by atoms with Gasteiger partial charge in [-0.15, -0.1) is 0 Å². The van der Waals surface area contributed by atoms with Gasteiger partial charge in [-0.1, -0.05) is 17.7 Å². The third kappa shape index (κ3) is 5.51. The van der Waals surface area contributed by atoms with Gasteiger partial charge in [0.1, 0.15) is 34.5 Å². The second-order valence-corrected chi connectivity index (χ2v) is 7.76. The molecule has 0 fully saturated rings. The average molecular weight is 494 g/mol. The van der Waals surface area contributed by atoms with Crippen molar-refractivity contribution in [3.63, 3.8) is 0 Å². The van der Waals surface area contributed by atoms with E-state index >= 15 is 0 Å². The molecule has 0 aromatic heterocycles. The molecule has 29 heavy (non-hydrogen) atoms. The van der Waals surface area contributed by atoms with Gasteiger partial charge in [-0.3, -0.25) is 0 Å². The Hall–Kier alpha value is -2.99. The highest BCUT2D eigenvalue weighted by molar-refractivity contribution is 14.1. The van der Waals surface area contributed by atoms with Crippen molar-refractivity contribution >= 4 is 22.6 Å². The Kier molecular flexibility index (Phi) is 6.00. The van der Waals surface area contributed by atoms with Crippen molar-refractivity contribution in [3.8, 4) is 34.5 Å². The molecular formula is C25H19IO3. The van der Waals surface area contributed by atoms with E-state index in [0.717, 1.165) is 34.5 Å². The molecule has 0 aliphatic heterocycles. The molecule has 0 aliphatic carbocycles. The molecule has 0 aliphatic rings. The van der Waals surface area contributed by atoms with E-state index in [-0.39, 0.29) is 0 Å². The topological polar surface area (TPSA) is 27.7 Å². The van der Waals surface area contributed by atoms with Crippen LogP contribution < -0.4 is 14.2 Å². The molecule has 4 rings (SSSR count). The highest BCUT2D eigenvalue weighted by atomic mass is 127. The Bertz CT molecular complexity index is 966. The maximum absolute atomic E-state index is 5.91. The second kappa shape index (κ2) is 9.01. The van der Waals surface area contributed by atoms with Crippen LogP contribution in [-0.2, 0) is 0 Å². The predicted molar refractivity (Wildman–Crippen MR) is 123 cm³/mol. The lowest BCUT2D eigenvalue weighted by atomic mass is 10.2. The smallest absolute Gasteiger partial charge is 0.127 e. The molecule has 4 heteroatoms. The number of benzene rings is 4. The number of rotatable bonds is 6. The highest BCUT2D eigenvalue weighted by Gasteiger charge is 2.02. The quantitative estimate of drug-likeness (QED) is 0.255. The Morgan fingerprint density at radius 3 is 0.966 bits per heavy atom. The summed E-state index contributed by atoms with van der Waals surface area (Å²) in [6, 6.07) is 31.0. The van der Waals surface area contributed by atoms with E-state index in [4.69, 9.17) is 14.2 Å². The van der Waals surface area contributed by atoms with E-state index in [0.29, 0.717) is 0 Å². The van der Waals surface area contributed by atoms with Gasteiger partial charge in [0.05, 0.1) is 0 Å². The van der Waals surface area contributed by atoms with Crippen molar-refractivity contribution in [3.05, 3.63) is 106 Å². The van der Waals surface area contributed by atoms with Crippen LogP contribution >= 0.6 is 22.6 Å². The first-order valence-electron chi connectivity index (χ1n) is 9.20. The zero-order chi connectivity index (χ0) is 20.1. The number of ether oxygens (including phenoxy) is 3. The number of aryl methyl sites for hydroxylation is 1. The van der Waals surface area contributed by atoms with E-state index in [2.05, 4.69) is 29.5 Å². The summed E-state index contributed by atoms with van der Waals surface area (Å²) < 4.78 is 18.8. The van der Waals surface area contributed by atoms with E-state index in [1.54, 1.807) is 0 Å². The molecule has 0 N–H and O–H groups in total. The Balaban J connectivity index is 1.36. The summed E-state index contributed by atoms with van der Waals surface area (Å²) in [7, 11) is 0. The van der Waals surface area contributed by atoms with Crippen LogP contribution in [0.2, 0.25) is 0 Å². The molecule has 144 valence electrons. The van der Waals surface area contributed by atoms with Gasteiger partial charge in [0.25, 0.3) is 0 Å². The molecular weight excluding hydrogens is 475 g/mol. The number of halogens is 1. The molecule has 0 heterocycles. The van der Waals surface area contributed by atoms with Crippen LogP contribution in [-0.4, -0.2) is 0 Å². The molecule has 0 spiro atoms. The Morgan fingerprint density at radius 2 is 0.655 bits per heavy atom. The summed E-state index contributed by atoms with van der Waals surface area (Å²) in [4.78, 5) is 0. The third-order valence-electron chi connectivity index (χ3n) is 4.19. The molecule has 0 saturated heterocycles. The molecule has 3 nitrogen and oxygen atoms in total. The standard InChI is InChI=1S/C25H19IO3/c1-18-2-6-20(7-3-18)27-22-10-14-24(15-11-22)29-25-16-12-23(13-17-25)28-21-8-4-19(26)5-9-21/h2-17H,1H3. The predicted octanol–water partition coefficient (Wildman–Crippen LogP) is 7.98. The maximum atomic E-state index is 5.91. The molecule has 0 bridgehead atoms. The lowest BCUT2D eigenvalue weighted by Crippen LogP contribution is -1.87. The number of hydrogen-bond acceptors (Lipinski definition) is 3. The number of hydrogen-bond donors (Lipinski definition) is 0. The maximum Gasteiger partial charge on any atom is 0.127 e. The van der Waals surface area contributed by atoms with Gasteiger partial charge in [-0.25, -0.2) is 0 Å². The van der Waals surface area contributed by atoms with Crippen LogP contribution in [0, 0.1) is 10.5 Å². The van der Waals surface area contributed by atoms with Gasteiger partial charge in [0.15, 0.2) is 0 Å². The van der Waals surface area contributed by atoms with Gasteiger partial charge in [0.2, 0.25) is 0 Å². The van der Waals surface area contributed by atoms with E-state index in [1.165, 1.54) is 9.13 Å². The molecule has 0 atom stereocenters. The molecule has 0 unspecified atom stereocenters. The summed E-state index contributed by atoms with van der Waals surface area (Å²) in [5.74, 6) is 4.64. The minimum absolute atomic E-state index is 0.743. The average Bonchev–Trinajstić information content (AvgIpc) is 2.74. The lowest BCUT2D eigenvalue weighted by Gasteiger charge is -2.10. The minimum atomic E-state index is 0.743. The van der Waals surface area contributed by atoms with Crippen molar-refractivity contribution in [2.24, 2.45) is 0 Å². The van der Waals surface area contributed by atoms with Crippen LogP contribution in [0.5, 0.6) is 34.5 Å². The summed E-state index contributed by atoms with van der Waals surface area (Å²) in [5, 5.41) is 0.